The van der Waals surface area contributed by atoms with E-state index >= 15 is 0 Å². The van der Waals surface area contributed by atoms with E-state index in [-0.39, 0.29) is 5.57 Å². The molecule has 5 heteroatoms. The van der Waals surface area contributed by atoms with Crippen molar-refractivity contribution in [3.8, 4) is 0 Å². The highest BCUT2D eigenvalue weighted by Crippen LogP contribution is 2.32. The quantitative estimate of drug-likeness (QED) is 0.581. The number of carboxylic acids is 2. The van der Waals surface area contributed by atoms with E-state index in [9.17, 15) is 14.7 Å². The first kappa shape index (κ1) is 10.5. The number of allylic oxidation sites excluding steroid dienone is 2. The standard InChI is InChI=1S/C9H10O5/c1-9(8(13)14)4-2-3-5(6(9)10)7(11)12/h2-4,6,10H,1H3,(H,11,12)(H,13,14). The number of carbonyl (C=O) groups is 2. The predicted octanol–water partition coefficient (Wildman–Crippen LogP) is 0.0190. The molecule has 1 rings (SSSR count). The molecule has 0 bridgehead atoms. The Morgan fingerprint density at radius 2 is 2.00 bits per heavy atom. The SMILES string of the molecule is CC1(C(=O)O)C=CC=C(C(=O)O)C1O. The number of aliphatic hydroxyl groups is 1. The van der Waals surface area contributed by atoms with Crippen molar-refractivity contribution < 1.29 is 24.9 Å². The van der Waals surface area contributed by atoms with Crippen LogP contribution in [-0.4, -0.2) is 33.4 Å². The lowest BCUT2D eigenvalue weighted by Crippen LogP contribution is -2.42. The molecule has 0 amide bonds. The van der Waals surface area contributed by atoms with Crippen molar-refractivity contribution in [2.75, 3.05) is 0 Å². The number of aliphatic hydroxyl groups excluding tert-OH is 1. The summed E-state index contributed by atoms with van der Waals surface area (Å²) in [5, 5.41) is 27.1. The van der Waals surface area contributed by atoms with E-state index in [1.807, 2.05) is 0 Å². The number of hydrogen-bond acceptors (Lipinski definition) is 3. The van der Waals surface area contributed by atoms with E-state index in [1.165, 1.54) is 25.2 Å². The lowest BCUT2D eigenvalue weighted by atomic mass is 9.77. The summed E-state index contributed by atoms with van der Waals surface area (Å²) in [7, 11) is 0. The molecule has 1 aliphatic rings. The molecule has 0 aromatic carbocycles. The molecule has 0 saturated heterocycles. The van der Waals surface area contributed by atoms with Gasteiger partial charge in [-0.3, -0.25) is 4.79 Å². The predicted molar refractivity (Wildman–Crippen MR) is 46.6 cm³/mol. The Balaban J connectivity index is 3.11. The zero-order chi connectivity index (χ0) is 10.9. The van der Waals surface area contributed by atoms with Crippen LogP contribution < -0.4 is 0 Å². The van der Waals surface area contributed by atoms with Crippen LogP contribution >= 0.6 is 0 Å². The zero-order valence-electron chi connectivity index (χ0n) is 7.47. The molecule has 14 heavy (non-hydrogen) atoms. The second-order valence-electron chi connectivity index (χ2n) is 3.28. The topological polar surface area (TPSA) is 94.8 Å². The summed E-state index contributed by atoms with van der Waals surface area (Å²) in [6.07, 6.45) is 2.26. The summed E-state index contributed by atoms with van der Waals surface area (Å²) < 4.78 is 0. The normalized spacial score (nSPS) is 31.0. The molecule has 0 aromatic heterocycles. The molecule has 2 atom stereocenters. The molecule has 2 unspecified atom stereocenters. The summed E-state index contributed by atoms with van der Waals surface area (Å²) in [6, 6.07) is 0. The largest absolute Gasteiger partial charge is 0.481 e. The van der Waals surface area contributed by atoms with E-state index in [0.717, 1.165) is 0 Å². The maximum Gasteiger partial charge on any atom is 0.334 e. The van der Waals surface area contributed by atoms with Crippen LogP contribution in [0.25, 0.3) is 0 Å². The van der Waals surface area contributed by atoms with Crippen LogP contribution in [0, 0.1) is 5.41 Å². The first-order chi connectivity index (χ1) is 6.39. The summed E-state index contributed by atoms with van der Waals surface area (Å²) in [5.74, 6) is -2.57. The fourth-order valence-electron chi connectivity index (χ4n) is 1.23. The number of rotatable bonds is 2. The number of carboxylic acid groups (broad SMARTS) is 2. The molecule has 0 heterocycles. The van der Waals surface area contributed by atoms with E-state index in [2.05, 4.69) is 0 Å². The van der Waals surface area contributed by atoms with Gasteiger partial charge in [0.2, 0.25) is 0 Å². The molecule has 1 aliphatic carbocycles. The average Bonchev–Trinajstić information content (AvgIpc) is 2.09. The van der Waals surface area contributed by atoms with Gasteiger partial charge in [-0.15, -0.1) is 0 Å². The minimum Gasteiger partial charge on any atom is -0.481 e. The van der Waals surface area contributed by atoms with Crippen molar-refractivity contribution in [3.63, 3.8) is 0 Å². The summed E-state index contributed by atoms with van der Waals surface area (Å²) in [6.45, 7) is 1.27. The van der Waals surface area contributed by atoms with Crippen molar-refractivity contribution in [1.29, 1.82) is 0 Å². The average molecular weight is 198 g/mol. The lowest BCUT2D eigenvalue weighted by Gasteiger charge is -2.29. The molecule has 0 aliphatic heterocycles. The van der Waals surface area contributed by atoms with Gasteiger partial charge in [-0.25, -0.2) is 4.79 Å². The van der Waals surface area contributed by atoms with Gasteiger partial charge in [0.25, 0.3) is 0 Å². The summed E-state index contributed by atoms with van der Waals surface area (Å²) in [4.78, 5) is 21.4. The maximum atomic E-state index is 10.8. The first-order valence-electron chi connectivity index (χ1n) is 3.94. The first-order valence-corrected chi connectivity index (χ1v) is 3.94. The van der Waals surface area contributed by atoms with Crippen LogP contribution in [0.2, 0.25) is 0 Å². The van der Waals surface area contributed by atoms with Crippen LogP contribution in [0.15, 0.2) is 23.8 Å². The lowest BCUT2D eigenvalue weighted by molar-refractivity contribution is -0.150. The monoisotopic (exact) mass is 198 g/mol. The van der Waals surface area contributed by atoms with Gasteiger partial charge >= 0.3 is 11.9 Å². The van der Waals surface area contributed by atoms with E-state index in [4.69, 9.17) is 10.2 Å². The van der Waals surface area contributed by atoms with Crippen molar-refractivity contribution in [3.05, 3.63) is 23.8 Å². The van der Waals surface area contributed by atoms with Gasteiger partial charge in [0.15, 0.2) is 0 Å². The molecule has 0 spiro atoms. The zero-order valence-corrected chi connectivity index (χ0v) is 7.47. The molecule has 5 nitrogen and oxygen atoms in total. The Labute approximate surface area is 80.0 Å². The third-order valence-electron chi connectivity index (χ3n) is 2.29. The third-order valence-corrected chi connectivity index (χ3v) is 2.29. The molecule has 0 fully saturated rings. The Morgan fingerprint density at radius 1 is 1.43 bits per heavy atom. The van der Waals surface area contributed by atoms with Crippen LogP contribution in [0.4, 0.5) is 0 Å². The van der Waals surface area contributed by atoms with Gasteiger partial charge in [-0.05, 0) is 13.0 Å². The van der Waals surface area contributed by atoms with Gasteiger partial charge in [0.05, 0.1) is 5.57 Å². The van der Waals surface area contributed by atoms with Gasteiger partial charge in [0.1, 0.15) is 11.5 Å². The van der Waals surface area contributed by atoms with Gasteiger partial charge in [-0.2, -0.15) is 0 Å². The fraction of sp³-hybridized carbons (Fsp3) is 0.333. The smallest absolute Gasteiger partial charge is 0.334 e. The second kappa shape index (κ2) is 3.26. The second-order valence-corrected chi connectivity index (χ2v) is 3.28. The highest BCUT2D eigenvalue weighted by molar-refractivity contribution is 5.91. The Bertz CT molecular complexity index is 341. The minimum atomic E-state index is -1.57. The molecule has 0 aromatic rings. The highest BCUT2D eigenvalue weighted by atomic mass is 16.4. The number of aliphatic carboxylic acids is 2. The van der Waals surface area contributed by atoms with Crippen LogP contribution in [0.3, 0.4) is 0 Å². The summed E-state index contributed by atoms with van der Waals surface area (Å²) >= 11 is 0. The minimum absolute atomic E-state index is 0.308. The molecular formula is C9H10O5. The van der Waals surface area contributed by atoms with E-state index in [1.54, 1.807) is 0 Å². The van der Waals surface area contributed by atoms with Crippen molar-refractivity contribution in [2.24, 2.45) is 5.41 Å². The highest BCUT2D eigenvalue weighted by Gasteiger charge is 2.43. The molecule has 76 valence electrons. The van der Waals surface area contributed by atoms with E-state index in [0.29, 0.717) is 0 Å². The van der Waals surface area contributed by atoms with Crippen LogP contribution in [-0.2, 0) is 9.59 Å². The molecular weight excluding hydrogens is 188 g/mol. The van der Waals surface area contributed by atoms with Crippen molar-refractivity contribution in [1.82, 2.24) is 0 Å². The Morgan fingerprint density at radius 3 is 2.43 bits per heavy atom. The van der Waals surface area contributed by atoms with Crippen LogP contribution in [0.5, 0.6) is 0 Å². The van der Waals surface area contributed by atoms with Crippen molar-refractivity contribution in [2.45, 2.75) is 13.0 Å². The van der Waals surface area contributed by atoms with E-state index < -0.39 is 23.5 Å². The summed E-state index contributed by atoms with van der Waals surface area (Å²) in [5.41, 5.74) is -1.87. The molecule has 0 radical (unpaired) electrons. The molecule has 0 saturated carbocycles. The Kier molecular flexibility index (Phi) is 2.44. The van der Waals surface area contributed by atoms with Gasteiger partial charge in [0, 0.05) is 0 Å². The van der Waals surface area contributed by atoms with Gasteiger partial charge in [-0.1, -0.05) is 12.2 Å². The fourth-order valence-corrected chi connectivity index (χ4v) is 1.23. The van der Waals surface area contributed by atoms with Gasteiger partial charge < -0.3 is 15.3 Å². The number of hydrogen-bond donors (Lipinski definition) is 3. The molecule has 3 N–H and O–H groups in total. The van der Waals surface area contributed by atoms with Crippen LogP contribution in [0.1, 0.15) is 6.92 Å². The van der Waals surface area contributed by atoms with Crippen molar-refractivity contribution >= 4 is 11.9 Å². The maximum absolute atomic E-state index is 10.8. The Hall–Kier alpha value is -1.62. The third kappa shape index (κ3) is 1.42.